The van der Waals surface area contributed by atoms with Crippen LogP contribution in [0.4, 0.5) is 0 Å². The molecule has 5 N–H and O–H groups in total. The second kappa shape index (κ2) is 5.71. The minimum atomic E-state index is -1.66. The van der Waals surface area contributed by atoms with Crippen LogP contribution in [0.25, 0.3) is 0 Å². The Morgan fingerprint density at radius 2 is 1.88 bits per heavy atom. The van der Waals surface area contributed by atoms with Crippen molar-refractivity contribution in [1.82, 2.24) is 0 Å². The fourth-order valence-corrected chi connectivity index (χ4v) is 1.38. The molecule has 0 aromatic heterocycles. The highest BCUT2D eigenvalue weighted by Crippen LogP contribution is 2.22. The van der Waals surface area contributed by atoms with Crippen molar-refractivity contribution in [3.8, 4) is 0 Å². The predicted molar refractivity (Wildman–Crippen MR) is 51.5 cm³/mol. The molecule has 0 bridgehead atoms. The minimum absolute atomic E-state index is 0.617. The van der Waals surface area contributed by atoms with Crippen LogP contribution in [-0.2, 0) is 14.3 Å². The Balaban J connectivity index is 2.69. The quantitative estimate of drug-likeness (QED) is 0.330. The number of carbonyl (C=O) groups is 1. The van der Waals surface area contributed by atoms with E-state index in [9.17, 15) is 20.1 Å². The number of hydrogen-bond acceptors (Lipinski definition) is 8. The third-order valence-electron chi connectivity index (χ3n) is 2.42. The first-order valence-electron chi connectivity index (χ1n) is 5.07. The lowest BCUT2D eigenvalue weighted by molar-refractivity contribution is -0.294. The first-order valence-corrected chi connectivity index (χ1v) is 5.07. The molecule has 0 aromatic carbocycles. The van der Waals surface area contributed by atoms with Gasteiger partial charge in [-0.2, -0.15) is 0 Å². The first kappa shape index (κ1) is 14.3. The van der Waals surface area contributed by atoms with E-state index in [0.717, 1.165) is 6.92 Å². The molecule has 0 spiro atoms. The standard InChI is InChI=1S/C9H16O8/c1-3(11)8(15)17-9-7(14)6(13)5(12)4(2-10)16-9/h3-7,9-14H,2H2,1H3/t3?,4-,5-,6+,7-,9?/m1/s1. The van der Waals surface area contributed by atoms with E-state index in [1.54, 1.807) is 0 Å². The first-order chi connectivity index (χ1) is 7.88. The molecule has 17 heavy (non-hydrogen) atoms. The zero-order valence-electron chi connectivity index (χ0n) is 9.13. The molecule has 8 nitrogen and oxygen atoms in total. The number of rotatable bonds is 3. The highest BCUT2D eigenvalue weighted by Gasteiger charge is 2.45. The number of esters is 1. The van der Waals surface area contributed by atoms with Crippen LogP contribution >= 0.6 is 0 Å². The Morgan fingerprint density at radius 1 is 1.29 bits per heavy atom. The molecule has 0 amide bonds. The van der Waals surface area contributed by atoms with Crippen LogP contribution < -0.4 is 0 Å². The summed E-state index contributed by atoms with van der Waals surface area (Å²) in [4.78, 5) is 11.1. The van der Waals surface area contributed by atoms with Crippen molar-refractivity contribution in [1.29, 1.82) is 0 Å². The Hall–Kier alpha value is -0.770. The molecule has 1 heterocycles. The van der Waals surface area contributed by atoms with E-state index in [1.165, 1.54) is 0 Å². The van der Waals surface area contributed by atoms with Crippen molar-refractivity contribution in [3.05, 3.63) is 0 Å². The fourth-order valence-electron chi connectivity index (χ4n) is 1.38. The normalized spacial score (nSPS) is 39.8. The summed E-state index contributed by atoms with van der Waals surface area (Å²) in [6, 6.07) is 0. The van der Waals surface area contributed by atoms with Crippen molar-refractivity contribution >= 4 is 5.97 Å². The summed E-state index contributed by atoms with van der Waals surface area (Å²) in [7, 11) is 0. The smallest absolute Gasteiger partial charge is 0.337 e. The SMILES string of the molecule is CC(O)C(=O)OC1O[C@H](CO)[C@@H](O)[C@H](O)[C@H]1O. The zero-order chi connectivity index (χ0) is 13.2. The topological polar surface area (TPSA) is 137 Å². The van der Waals surface area contributed by atoms with Gasteiger partial charge >= 0.3 is 5.97 Å². The molecule has 1 fully saturated rings. The lowest BCUT2D eigenvalue weighted by Gasteiger charge is -2.39. The molecule has 1 rings (SSSR count). The Bertz CT molecular complexity index is 266. The lowest BCUT2D eigenvalue weighted by Crippen LogP contribution is -2.59. The maximum Gasteiger partial charge on any atom is 0.337 e. The van der Waals surface area contributed by atoms with Gasteiger partial charge in [-0.25, -0.2) is 4.79 Å². The number of aliphatic hydroxyl groups excluding tert-OH is 5. The minimum Gasteiger partial charge on any atom is -0.431 e. The van der Waals surface area contributed by atoms with Gasteiger partial charge in [0, 0.05) is 0 Å². The number of carbonyl (C=O) groups excluding carboxylic acids is 1. The van der Waals surface area contributed by atoms with Gasteiger partial charge in [0.25, 0.3) is 0 Å². The Labute approximate surface area is 97.0 Å². The van der Waals surface area contributed by atoms with Crippen LogP contribution in [-0.4, -0.2) is 74.9 Å². The van der Waals surface area contributed by atoms with E-state index in [0.29, 0.717) is 0 Å². The number of ether oxygens (including phenoxy) is 2. The van der Waals surface area contributed by atoms with Gasteiger partial charge in [-0.1, -0.05) is 0 Å². The van der Waals surface area contributed by atoms with Crippen molar-refractivity contribution in [2.45, 2.75) is 43.7 Å². The van der Waals surface area contributed by atoms with Crippen molar-refractivity contribution in [3.63, 3.8) is 0 Å². The summed E-state index contributed by atoms with van der Waals surface area (Å²) >= 11 is 0. The lowest BCUT2D eigenvalue weighted by atomic mass is 9.99. The summed E-state index contributed by atoms with van der Waals surface area (Å²) in [6.07, 6.45) is -8.91. The van der Waals surface area contributed by atoms with Crippen LogP contribution in [0.3, 0.4) is 0 Å². The zero-order valence-corrected chi connectivity index (χ0v) is 9.13. The van der Waals surface area contributed by atoms with Gasteiger partial charge in [0.05, 0.1) is 6.61 Å². The average Bonchev–Trinajstić information content (AvgIpc) is 2.29. The van der Waals surface area contributed by atoms with Gasteiger partial charge < -0.3 is 35.0 Å². The van der Waals surface area contributed by atoms with Crippen LogP contribution in [0.1, 0.15) is 6.92 Å². The molecule has 8 heteroatoms. The number of aliphatic hydroxyl groups is 5. The third kappa shape index (κ3) is 3.12. The molecule has 0 aromatic rings. The summed E-state index contributed by atoms with van der Waals surface area (Å²) in [5.74, 6) is -1.05. The van der Waals surface area contributed by atoms with Gasteiger partial charge in [-0.05, 0) is 6.92 Å². The van der Waals surface area contributed by atoms with E-state index in [4.69, 9.17) is 14.9 Å². The predicted octanol–water partition coefficient (Wildman–Crippen LogP) is -3.29. The van der Waals surface area contributed by atoms with Crippen LogP contribution in [0.2, 0.25) is 0 Å². The molecular formula is C9H16O8. The fraction of sp³-hybridized carbons (Fsp3) is 0.889. The summed E-state index contributed by atoms with van der Waals surface area (Å²) in [5.41, 5.74) is 0. The van der Waals surface area contributed by atoms with Crippen LogP contribution in [0.15, 0.2) is 0 Å². The summed E-state index contributed by atoms with van der Waals surface area (Å²) in [5, 5.41) is 46.0. The van der Waals surface area contributed by atoms with Crippen LogP contribution in [0.5, 0.6) is 0 Å². The largest absolute Gasteiger partial charge is 0.431 e. The van der Waals surface area contributed by atoms with Crippen molar-refractivity contribution in [2.24, 2.45) is 0 Å². The molecular weight excluding hydrogens is 236 g/mol. The molecule has 6 atom stereocenters. The second-order valence-corrected chi connectivity index (χ2v) is 3.81. The monoisotopic (exact) mass is 252 g/mol. The molecule has 0 saturated carbocycles. The molecule has 1 aliphatic rings. The maximum absolute atomic E-state index is 11.1. The van der Waals surface area contributed by atoms with Crippen LogP contribution in [0, 0.1) is 0 Å². The van der Waals surface area contributed by atoms with Gasteiger partial charge in [0.15, 0.2) is 0 Å². The van der Waals surface area contributed by atoms with Gasteiger partial charge in [0.1, 0.15) is 30.5 Å². The van der Waals surface area contributed by atoms with Crippen molar-refractivity contribution in [2.75, 3.05) is 6.61 Å². The molecule has 2 unspecified atom stereocenters. The average molecular weight is 252 g/mol. The second-order valence-electron chi connectivity index (χ2n) is 3.81. The van der Waals surface area contributed by atoms with Gasteiger partial charge in [-0.3, -0.25) is 0 Å². The molecule has 0 radical (unpaired) electrons. The molecule has 1 aliphatic heterocycles. The van der Waals surface area contributed by atoms with E-state index < -0.39 is 49.4 Å². The molecule has 1 saturated heterocycles. The van der Waals surface area contributed by atoms with Crippen molar-refractivity contribution < 1.29 is 39.8 Å². The Kier molecular flexibility index (Phi) is 4.80. The molecule has 100 valence electrons. The highest BCUT2D eigenvalue weighted by molar-refractivity contribution is 5.73. The highest BCUT2D eigenvalue weighted by atomic mass is 16.7. The summed E-state index contributed by atoms with van der Waals surface area (Å²) in [6.45, 7) is 0.542. The van der Waals surface area contributed by atoms with E-state index in [1.807, 2.05) is 0 Å². The van der Waals surface area contributed by atoms with E-state index in [2.05, 4.69) is 4.74 Å². The number of hydrogen-bond donors (Lipinski definition) is 5. The van der Waals surface area contributed by atoms with Gasteiger partial charge in [-0.15, -0.1) is 0 Å². The van der Waals surface area contributed by atoms with Gasteiger partial charge in [0.2, 0.25) is 6.29 Å². The van der Waals surface area contributed by atoms with E-state index >= 15 is 0 Å². The Morgan fingerprint density at radius 3 is 2.35 bits per heavy atom. The third-order valence-corrected chi connectivity index (χ3v) is 2.42. The van der Waals surface area contributed by atoms with E-state index in [-0.39, 0.29) is 0 Å². The summed E-state index contributed by atoms with van der Waals surface area (Å²) < 4.78 is 9.46. The maximum atomic E-state index is 11.1. The molecule has 0 aliphatic carbocycles.